The van der Waals surface area contributed by atoms with Crippen LogP contribution in [0.2, 0.25) is 0 Å². The molecule has 1 unspecified atom stereocenters. The lowest BCUT2D eigenvalue weighted by Crippen LogP contribution is -2.32. The molecule has 4 heteroatoms. The second-order valence-corrected chi connectivity index (χ2v) is 6.87. The van der Waals surface area contributed by atoms with Gasteiger partial charge >= 0.3 is 0 Å². The first-order valence-electron chi connectivity index (χ1n) is 8.16. The minimum absolute atomic E-state index is 0.239. The van der Waals surface area contributed by atoms with E-state index < -0.39 is 5.54 Å². The van der Waals surface area contributed by atoms with Crippen molar-refractivity contribution < 1.29 is 9.13 Å². The number of rotatable bonds is 7. The first-order valence-corrected chi connectivity index (χ1v) is 8.16. The van der Waals surface area contributed by atoms with Gasteiger partial charge in [0, 0.05) is 11.9 Å². The SMILES string of the molecule is C=NC(C)(COc1ccc(-c2ccnc(C)c2)cc1F)CC(C)C. The Morgan fingerprint density at radius 2 is 1.96 bits per heavy atom. The highest BCUT2D eigenvalue weighted by molar-refractivity contribution is 5.64. The summed E-state index contributed by atoms with van der Waals surface area (Å²) in [5.41, 5.74) is 2.22. The third-order valence-corrected chi connectivity index (χ3v) is 3.93. The van der Waals surface area contributed by atoms with Gasteiger partial charge < -0.3 is 4.74 Å². The third kappa shape index (κ3) is 4.63. The number of halogens is 1. The summed E-state index contributed by atoms with van der Waals surface area (Å²) in [4.78, 5) is 8.34. The molecule has 0 bridgehead atoms. The monoisotopic (exact) mass is 328 g/mol. The molecule has 24 heavy (non-hydrogen) atoms. The molecule has 0 spiro atoms. The maximum absolute atomic E-state index is 14.4. The molecule has 0 saturated carbocycles. The van der Waals surface area contributed by atoms with Crippen LogP contribution in [0, 0.1) is 18.7 Å². The molecule has 1 atom stereocenters. The van der Waals surface area contributed by atoms with Gasteiger partial charge in [-0.1, -0.05) is 19.9 Å². The number of pyridine rings is 1. The Morgan fingerprint density at radius 1 is 1.25 bits per heavy atom. The lowest BCUT2D eigenvalue weighted by molar-refractivity contribution is 0.203. The Hall–Kier alpha value is -2.23. The van der Waals surface area contributed by atoms with Gasteiger partial charge in [-0.2, -0.15) is 0 Å². The summed E-state index contributed by atoms with van der Waals surface area (Å²) in [6, 6.07) is 8.80. The number of aryl methyl sites for hydroxylation is 1. The second kappa shape index (κ2) is 7.56. The highest BCUT2D eigenvalue weighted by atomic mass is 19.1. The Balaban J connectivity index is 2.14. The number of hydrogen-bond donors (Lipinski definition) is 0. The van der Waals surface area contributed by atoms with Crippen molar-refractivity contribution in [2.24, 2.45) is 10.9 Å². The highest BCUT2D eigenvalue weighted by Gasteiger charge is 2.25. The van der Waals surface area contributed by atoms with Gasteiger partial charge in [0.2, 0.25) is 0 Å². The summed E-state index contributed by atoms with van der Waals surface area (Å²) >= 11 is 0. The third-order valence-electron chi connectivity index (χ3n) is 3.93. The van der Waals surface area contributed by atoms with Crippen LogP contribution in [-0.2, 0) is 0 Å². The van der Waals surface area contributed by atoms with Gasteiger partial charge in [-0.15, -0.1) is 0 Å². The summed E-state index contributed by atoms with van der Waals surface area (Å²) in [6.45, 7) is 12.1. The first kappa shape index (κ1) is 18.1. The largest absolute Gasteiger partial charge is 0.488 e. The molecular weight excluding hydrogens is 303 g/mol. The van der Waals surface area contributed by atoms with Gasteiger partial charge in [0.25, 0.3) is 0 Å². The highest BCUT2D eigenvalue weighted by Crippen LogP contribution is 2.28. The predicted molar refractivity (Wildman–Crippen MR) is 97.3 cm³/mol. The van der Waals surface area contributed by atoms with Crippen molar-refractivity contribution >= 4 is 6.72 Å². The zero-order valence-electron chi connectivity index (χ0n) is 14.8. The molecule has 0 radical (unpaired) electrons. The van der Waals surface area contributed by atoms with Crippen LogP contribution < -0.4 is 4.74 Å². The topological polar surface area (TPSA) is 34.5 Å². The van der Waals surface area contributed by atoms with Gasteiger partial charge in [0.1, 0.15) is 6.61 Å². The molecule has 0 saturated heterocycles. The molecular formula is C20H25FN2O. The van der Waals surface area contributed by atoms with E-state index in [4.69, 9.17) is 4.74 Å². The quantitative estimate of drug-likeness (QED) is 0.664. The number of aliphatic imine (C=N–C) groups is 1. The van der Waals surface area contributed by atoms with Gasteiger partial charge in [0.05, 0.1) is 5.54 Å². The van der Waals surface area contributed by atoms with E-state index in [0.29, 0.717) is 12.5 Å². The van der Waals surface area contributed by atoms with Crippen molar-refractivity contribution in [2.45, 2.75) is 39.7 Å². The molecule has 0 N–H and O–H groups in total. The number of aromatic nitrogens is 1. The van der Waals surface area contributed by atoms with Crippen molar-refractivity contribution in [1.29, 1.82) is 0 Å². The zero-order valence-corrected chi connectivity index (χ0v) is 14.8. The van der Waals surface area contributed by atoms with Crippen LogP contribution in [0.3, 0.4) is 0 Å². The van der Waals surface area contributed by atoms with Crippen molar-refractivity contribution in [3.63, 3.8) is 0 Å². The van der Waals surface area contributed by atoms with Crippen LogP contribution in [0.15, 0.2) is 41.5 Å². The van der Waals surface area contributed by atoms with Crippen molar-refractivity contribution in [3.8, 4) is 16.9 Å². The lowest BCUT2D eigenvalue weighted by Gasteiger charge is -2.26. The predicted octanol–water partition coefficient (Wildman–Crippen LogP) is 5.08. The smallest absolute Gasteiger partial charge is 0.165 e. The van der Waals surface area contributed by atoms with Gasteiger partial charge in [-0.05, 0) is 68.3 Å². The number of benzene rings is 1. The Kier molecular flexibility index (Phi) is 5.71. The average Bonchev–Trinajstić information content (AvgIpc) is 2.53. The van der Waals surface area contributed by atoms with E-state index in [-0.39, 0.29) is 11.6 Å². The van der Waals surface area contributed by atoms with Crippen LogP contribution in [-0.4, -0.2) is 23.8 Å². The van der Waals surface area contributed by atoms with Crippen molar-refractivity contribution in [2.75, 3.05) is 6.61 Å². The maximum Gasteiger partial charge on any atom is 0.165 e. The molecule has 0 amide bonds. The van der Waals surface area contributed by atoms with Crippen LogP contribution >= 0.6 is 0 Å². The minimum Gasteiger partial charge on any atom is -0.488 e. The molecule has 0 aliphatic rings. The van der Waals surface area contributed by atoms with E-state index >= 15 is 0 Å². The van der Waals surface area contributed by atoms with E-state index in [9.17, 15) is 4.39 Å². The van der Waals surface area contributed by atoms with Crippen LogP contribution in [0.4, 0.5) is 4.39 Å². The maximum atomic E-state index is 14.4. The molecule has 0 aliphatic carbocycles. The Morgan fingerprint density at radius 3 is 2.54 bits per heavy atom. The standard InChI is InChI=1S/C20H25FN2O/c1-14(2)12-20(4,22-5)13-24-19-7-6-16(11-18(19)21)17-8-9-23-15(3)10-17/h6-11,14H,5,12-13H2,1-4H3. The van der Waals surface area contributed by atoms with Crippen LogP contribution in [0.5, 0.6) is 5.75 Å². The van der Waals surface area contributed by atoms with Gasteiger partial charge in [-0.25, -0.2) is 4.39 Å². The van der Waals surface area contributed by atoms with Crippen LogP contribution in [0.1, 0.15) is 32.9 Å². The van der Waals surface area contributed by atoms with E-state index in [1.165, 1.54) is 6.07 Å². The number of nitrogens with zero attached hydrogens (tertiary/aromatic N) is 2. The second-order valence-electron chi connectivity index (χ2n) is 6.87. The van der Waals surface area contributed by atoms with Crippen molar-refractivity contribution in [1.82, 2.24) is 4.98 Å². The van der Waals surface area contributed by atoms with Gasteiger partial charge in [0.15, 0.2) is 11.6 Å². The molecule has 128 valence electrons. The molecule has 1 aromatic carbocycles. The fourth-order valence-corrected chi connectivity index (χ4v) is 2.80. The summed E-state index contributed by atoms with van der Waals surface area (Å²) in [5.74, 6) is 0.326. The average molecular weight is 328 g/mol. The lowest BCUT2D eigenvalue weighted by atomic mass is 9.92. The summed E-state index contributed by atoms with van der Waals surface area (Å²) < 4.78 is 20.1. The molecule has 3 nitrogen and oxygen atoms in total. The molecule has 2 rings (SSSR count). The molecule has 1 aromatic heterocycles. The summed E-state index contributed by atoms with van der Waals surface area (Å²) in [7, 11) is 0. The number of ether oxygens (including phenoxy) is 1. The van der Waals surface area contributed by atoms with E-state index in [2.05, 4.69) is 30.5 Å². The normalized spacial score (nSPS) is 13.6. The van der Waals surface area contributed by atoms with E-state index in [0.717, 1.165) is 23.2 Å². The molecule has 1 heterocycles. The fourth-order valence-electron chi connectivity index (χ4n) is 2.80. The van der Waals surface area contributed by atoms with Crippen molar-refractivity contribution in [3.05, 3.63) is 48.0 Å². The summed E-state index contributed by atoms with van der Waals surface area (Å²) in [5, 5.41) is 0. The molecule has 2 aromatic rings. The van der Waals surface area contributed by atoms with E-state index in [1.54, 1.807) is 12.3 Å². The Bertz CT molecular complexity index is 715. The molecule has 0 aliphatic heterocycles. The van der Waals surface area contributed by atoms with Crippen LogP contribution in [0.25, 0.3) is 11.1 Å². The summed E-state index contributed by atoms with van der Waals surface area (Å²) in [6.07, 6.45) is 2.56. The zero-order chi connectivity index (χ0) is 17.7. The minimum atomic E-state index is -0.415. The fraction of sp³-hybridized carbons (Fsp3) is 0.400. The molecule has 0 fully saturated rings. The van der Waals surface area contributed by atoms with E-state index in [1.807, 2.05) is 32.0 Å². The van der Waals surface area contributed by atoms with Gasteiger partial charge in [-0.3, -0.25) is 9.98 Å². The Labute approximate surface area is 143 Å². The first-order chi connectivity index (χ1) is 11.3. The number of hydrogen-bond acceptors (Lipinski definition) is 3.